The zero-order valence-corrected chi connectivity index (χ0v) is 5.97. The average molecular weight is 177 g/mol. The molecule has 1 rings (SSSR count). The molecule has 0 spiro atoms. The van der Waals surface area contributed by atoms with Gasteiger partial charge in [0, 0.05) is 23.4 Å². The van der Waals surface area contributed by atoms with Crippen LogP contribution in [0.2, 0.25) is 0 Å². The first-order chi connectivity index (χ1) is 5.65. The molecule has 0 radical (unpaired) electrons. The van der Waals surface area contributed by atoms with Gasteiger partial charge in [0.15, 0.2) is 0 Å². The Hall–Kier alpha value is -1.10. The highest BCUT2D eigenvalue weighted by Gasteiger charge is 2.13. The highest BCUT2D eigenvalue weighted by Crippen LogP contribution is 2.22. The van der Waals surface area contributed by atoms with Crippen molar-refractivity contribution < 1.29 is 18.3 Å². The minimum absolute atomic E-state index is 0.0496. The van der Waals surface area contributed by atoms with E-state index in [0.29, 0.717) is 6.07 Å². The lowest BCUT2D eigenvalue weighted by Gasteiger charge is -2.04. The van der Waals surface area contributed by atoms with E-state index in [-0.39, 0.29) is 5.56 Å². The third-order valence-electron chi connectivity index (χ3n) is 1.39. The monoisotopic (exact) mass is 177 g/mol. The van der Waals surface area contributed by atoms with Crippen LogP contribution >= 0.6 is 0 Å². The van der Waals surface area contributed by atoms with Crippen LogP contribution in [0.5, 0.6) is 0 Å². The minimum atomic E-state index is -2.79. The van der Waals surface area contributed by atoms with Crippen LogP contribution in [0, 0.1) is 5.95 Å². The molecule has 0 aliphatic rings. The van der Waals surface area contributed by atoms with Crippen LogP contribution in [0.1, 0.15) is 17.6 Å². The SMILES string of the molecule is OCc1cnc(F)cc1C(F)F. The Morgan fingerprint density at radius 2 is 2.17 bits per heavy atom. The zero-order valence-electron chi connectivity index (χ0n) is 5.97. The fourth-order valence-corrected chi connectivity index (χ4v) is 0.808. The first kappa shape index (κ1) is 8.99. The van der Waals surface area contributed by atoms with E-state index in [1.54, 1.807) is 0 Å². The van der Waals surface area contributed by atoms with Gasteiger partial charge in [0.25, 0.3) is 6.43 Å². The lowest BCUT2D eigenvalue weighted by Crippen LogP contribution is -1.97. The maximum atomic E-state index is 12.3. The Morgan fingerprint density at radius 3 is 2.67 bits per heavy atom. The van der Waals surface area contributed by atoms with Gasteiger partial charge in [-0.1, -0.05) is 0 Å². The number of alkyl halides is 2. The predicted molar refractivity (Wildman–Crippen MR) is 35.1 cm³/mol. The number of hydrogen-bond donors (Lipinski definition) is 1. The molecule has 0 saturated carbocycles. The Balaban J connectivity index is 3.12. The van der Waals surface area contributed by atoms with Crippen molar-refractivity contribution in [2.24, 2.45) is 0 Å². The van der Waals surface area contributed by atoms with Crippen molar-refractivity contribution >= 4 is 0 Å². The normalized spacial score (nSPS) is 10.8. The van der Waals surface area contributed by atoms with Crippen LogP contribution in [0.25, 0.3) is 0 Å². The molecular formula is C7H6F3NO. The summed E-state index contributed by atoms with van der Waals surface area (Å²) in [5.74, 6) is -0.970. The van der Waals surface area contributed by atoms with Gasteiger partial charge >= 0.3 is 0 Å². The first-order valence-electron chi connectivity index (χ1n) is 3.18. The van der Waals surface area contributed by atoms with Crippen LogP contribution in [0.4, 0.5) is 13.2 Å². The van der Waals surface area contributed by atoms with Crippen molar-refractivity contribution in [1.82, 2.24) is 4.98 Å². The molecule has 0 aliphatic carbocycles. The van der Waals surface area contributed by atoms with Crippen molar-refractivity contribution in [3.05, 3.63) is 29.3 Å². The van der Waals surface area contributed by atoms with Crippen LogP contribution in [0.15, 0.2) is 12.3 Å². The van der Waals surface area contributed by atoms with Gasteiger partial charge in [-0.05, 0) is 0 Å². The Bertz CT molecular complexity index is 277. The molecule has 5 heteroatoms. The molecule has 1 heterocycles. The number of pyridine rings is 1. The quantitative estimate of drug-likeness (QED) is 0.696. The number of aliphatic hydroxyl groups excluding tert-OH is 1. The van der Waals surface area contributed by atoms with Crippen LogP contribution < -0.4 is 0 Å². The summed E-state index contributed by atoms with van der Waals surface area (Å²) >= 11 is 0. The summed E-state index contributed by atoms with van der Waals surface area (Å²) in [6, 6.07) is 0.621. The zero-order chi connectivity index (χ0) is 9.14. The van der Waals surface area contributed by atoms with Gasteiger partial charge < -0.3 is 5.11 Å². The summed E-state index contributed by atoms with van der Waals surface area (Å²) < 4.78 is 36.5. The molecular weight excluding hydrogens is 171 g/mol. The Labute approximate surface area is 66.7 Å². The Kier molecular flexibility index (Phi) is 2.65. The topological polar surface area (TPSA) is 33.1 Å². The van der Waals surface area contributed by atoms with Gasteiger partial charge in [-0.3, -0.25) is 0 Å². The molecule has 0 unspecified atom stereocenters. The van der Waals surface area contributed by atoms with Crippen LogP contribution in [-0.2, 0) is 6.61 Å². The fraction of sp³-hybridized carbons (Fsp3) is 0.286. The molecule has 1 aromatic heterocycles. The predicted octanol–water partition coefficient (Wildman–Crippen LogP) is 1.65. The van der Waals surface area contributed by atoms with E-state index in [9.17, 15) is 13.2 Å². The summed E-state index contributed by atoms with van der Waals surface area (Å²) in [5.41, 5.74) is -0.559. The van der Waals surface area contributed by atoms with Crippen molar-refractivity contribution in [3.8, 4) is 0 Å². The number of halogens is 3. The second kappa shape index (κ2) is 3.53. The largest absolute Gasteiger partial charge is 0.392 e. The molecule has 0 bridgehead atoms. The summed E-state index contributed by atoms with van der Waals surface area (Å²) in [7, 11) is 0. The van der Waals surface area contributed by atoms with E-state index in [2.05, 4.69) is 4.98 Å². The van der Waals surface area contributed by atoms with Gasteiger partial charge in [-0.15, -0.1) is 0 Å². The van der Waals surface area contributed by atoms with Crippen molar-refractivity contribution in [2.45, 2.75) is 13.0 Å². The van der Waals surface area contributed by atoms with Crippen LogP contribution in [-0.4, -0.2) is 10.1 Å². The van der Waals surface area contributed by atoms with Gasteiger partial charge in [0.05, 0.1) is 6.61 Å². The number of hydrogen-bond acceptors (Lipinski definition) is 2. The molecule has 1 aromatic rings. The molecule has 12 heavy (non-hydrogen) atoms. The van der Waals surface area contributed by atoms with Crippen molar-refractivity contribution in [2.75, 3.05) is 0 Å². The van der Waals surface area contributed by atoms with E-state index < -0.39 is 24.5 Å². The van der Waals surface area contributed by atoms with E-state index >= 15 is 0 Å². The van der Waals surface area contributed by atoms with Gasteiger partial charge in [-0.25, -0.2) is 13.8 Å². The maximum Gasteiger partial charge on any atom is 0.264 e. The van der Waals surface area contributed by atoms with E-state index in [4.69, 9.17) is 5.11 Å². The van der Waals surface area contributed by atoms with Crippen molar-refractivity contribution in [1.29, 1.82) is 0 Å². The lowest BCUT2D eigenvalue weighted by atomic mass is 10.1. The highest BCUT2D eigenvalue weighted by atomic mass is 19.3. The third-order valence-corrected chi connectivity index (χ3v) is 1.39. The Morgan fingerprint density at radius 1 is 1.50 bits per heavy atom. The summed E-state index contributed by atoms with van der Waals surface area (Å²) in [6.45, 7) is -0.563. The van der Waals surface area contributed by atoms with E-state index in [0.717, 1.165) is 6.20 Å². The first-order valence-corrected chi connectivity index (χ1v) is 3.18. The summed E-state index contributed by atoms with van der Waals surface area (Å²) in [4.78, 5) is 3.13. The molecule has 2 nitrogen and oxygen atoms in total. The average Bonchev–Trinajstić information content (AvgIpc) is 2.04. The number of nitrogens with zero attached hydrogens (tertiary/aromatic N) is 1. The maximum absolute atomic E-state index is 12.3. The molecule has 66 valence electrons. The second-order valence-electron chi connectivity index (χ2n) is 2.16. The van der Waals surface area contributed by atoms with Gasteiger partial charge in [0.2, 0.25) is 5.95 Å². The molecule has 1 N–H and O–H groups in total. The summed E-state index contributed by atoms with van der Waals surface area (Å²) in [5, 5.41) is 8.56. The molecule has 0 amide bonds. The molecule has 0 atom stereocenters. The standard InChI is InChI=1S/C7H6F3NO/c8-6-1-5(7(9)10)4(3-12)2-11-6/h1-2,7,12H,3H2. The molecule has 0 saturated heterocycles. The van der Waals surface area contributed by atoms with E-state index in [1.807, 2.05) is 0 Å². The fourth-order valence-electron chi connectivity index (χ4n) is 0.808. The second-order valence-corrected chi connectivity index (χ2v) is 2.16. The van der Waals surface area contributed by atoms with Crippen LogP contribution in [0.3, 0.4) is 0 Å². The summed E-state index contributed by atoms with van der Waals surface area (Å²) in [6.07, 6.45) is -1.89. The molecule has 0 fully saturated rings. The molecule has 0 aliphatic heterocycles. The number of aromatic nitrogens is 1. The van der Waals surface area contributed by atoms with E-state index in [1.165, 1.54) is 0 Å². The molecule has 0 aromatic carbocycles. The number of rotatable bonds is 2. The third kappa shape index (κ3) is 1.73. The lowest BCUT2D eigenvalue weighted by molar-refractivity contribution is 0.146. The highest BCUT2D eigenvalue weighted by molar-refractivity contribution is 5.24. The van der Waals surface area contributed by atoms with Crippen molar-refractivity contribution in [3.63, 3.8) is 0 Å². The smallest absolute Gasteiger partial charge is 0.264 e. The number of aliphatic hydroxyl groups is 1. The van der Waals surface area contributed by atoms with Gasteiger partial charge in [0.1, 0.15) is 0 Å². The van der Waals surface area contributed by atoms with Gasteiger partial charge in [-0.2, -0.15) is 4.39 Å². The minimum Gasteiger partial charge on any atom is -0.392 e.